The molecule has 0 saturated carbocycles. The summed E-state index contributed by atoms with van der Waals surface area (Å²) in [4.78, 5) is 3.06. The highest BCUT2D eigenvalue weighted by atomic mass is 32.1. The summed E-state index contributed by atoms with van der Waals surface area (Å²) in [5, 5.41) is 28.8. The maximum absolute atomic E-state index is 12.9. The van der Waals surface area contributed by atoms with Crippen molar-refractivity contribution >= 4 is 11.3 Å². The molecule has 3 atom stereocenters. The zero-order valence-corrected chi connectivity index (χ0v) is 15.0. The molecule has 0 fully saturated rings. The molecule has 0 spiro atoms. The molecule has 164 valence electrons. The Morgan fingerprint density at radius 3 is 1.70 bits per heavy atom. The Kier molecular flexibility index (Phi) is 6.41. The number of nitriles is 1. The molecule has 0 aliphatic heterocycles. The first-order chi connectivity index (χ1) is 13.6. The van der Waals surface area contributed by atoms with Crippen molar-refractivity contribution in [2.24, 2.45) is 5.92 Å². The largest absolute Gasteiger partial charge is 0.443 e. The van der Waals surface area contributed by atoms with Gasteiger partial charge in [-0.2, -0.15) is 44.8 Å². The number of alkyl halides is 9. The van der Waals surface area contributed by atoms with Crippen molar-refractivity contribution in [2.45, 2.75) is 30.7 Å². The van der Waals surface area contributed by atoms with Crippen molar-refractivity contribution in [3.63, 3.8) is 0 Å². The molecule has 14 heteroatoms. The first-order valence-electron chi connectivity index (χ1n) is 7.63. The highest BCUT2D eigenvalue weighted by molar-refractivity contribution is 7.09. The lowest BCUT2D eigenvalue weighted by Crippen LogP contribution is -2.21. The predicted molar refractivity (Wildman–Crippen MR) is 82.6 cm³/mol. The molecule has 1 heterocycles. The van der Waals surface area contributed by atoms with Gasteiger partial charge in [0.15, 0.2) is 5.01 Å². The molecule has 0 bridgehead atoms. The summed E-state index contributed by atoms with van der Waals surface area (Å²) in [6, 6.07) is 1.38. The van der Waals surface area contributed by atoms with Gasteiger partial charge in [-0.15, -0.1) is 11.3 Å². The molecule has 2 rings (SSSR count). The predicted octanol–water partition coefficient (Wildman–Crippen LogP) is 5.11. The summed E-state index contributed by atoms with van der Waals surface area (Å²) in [5.74, 6) is -2.11. The zero-order chi connectivity index (χ0) is 23.1. The van der Waals surface area contributed by atoms with Crippen LogP contribution in [0.1, 0.15) is 39.6 Å². The number of hydrogen-bond donors (Lipinski definition) is 2. The summed E-state index contributed by atoms with van der Waals surface area (Å²) in [6.45, 7) is 0. The van der Waals surface area contributed by atoms with E-state index in [0.717, 1.165) is 0 Å². The number of aromatic nitrogens is 1. The molecule has 0 amide bonds. The van der Waals surface area contributed by atoms with Crippen LogP contribution in [0.3, 0.4) is 0 Å². The van der Waals surface area contributed by atoms with Gasteiger partial charge in [0.05, 0.1) is 29.0 Å². The molecule has 0 radical (unpaired) electrons. The average molecular weight is 464 g/mol. The first-order valence-corrected chi connectivity index (χ1v) is 8.51. The number of halogens is 9. The maximum Gasteiger partial charge on any atom is 0.443 e. The fourth-order valence-corrected chi connectivity index (χ4v) is 3.12. The zero-order valence-electron chi connectivity index (χ0n) is 14.1. The molecule has 4 nitrogen and oxygen atoms in total. The Morgan fingerprint density at radius 1 is 0.833 bits per heavy atom. The fraction of sp³-hybridized carbons (Fsp3) is 0.375. The van der Waals surface area contributed by atoms with Crippen LogP contribution in [0.2, 0.25) is 0 Å². The Bertz CT molecular complexity index is 912. The van der Waals surface area contributed by atoms with Crippen molar-refractivity contribution in [3.05, 3.63) is 51.0 Å². The van der Waals surface area contributed by atoms with Crippen LogP contribution in [0.25, 0.3) is 0 Å². The number of benzene rings is 1. The highest BCUT2D eigenvalue weighted by Gasteiger charge is 2.40. The van der Waals surface area contributed by atoms with E-state index in [9.17, 15) is 49.7 Å². The summed E-state index contributed by atoms with van der Waals surface area (Å²) in [7, 11) is 0. The number of rotatable bonds is 4. The molecular formula is C16H9F9N2O2S. The molecule has 3 unspecified atom stereocenters. The van der Waals surface area contributed by atoms with Crippen LogP contribution in [0.4, 0.5) is 39.5 Å². The van der Waals surface area contributed by atoms with Crippen molar-refractivity contribution in [3.8, 4) is 6.07 Å². The van der Waals surface area contributed by atoms with Gasteiger partial charge in [0, 0.05) is 5.38 Å². The number of hydrogen-bond acceptors (Lipinski definition) is 5. The summed E-state index contributed by atoms with van der Waals surface area (Å²) < 4.78 is 116. The molecule has 0 aliphatic carbocycles. The van der Waals surface area contributed by atoms with E-state index in [0.29, 0.717) is 5.38 Å². The molecule has 0 aliphatic rings. The second kappa shape index (κ2) is 8.05. The van der Waals surface area contributed by atoms with Gasteiger partial charge in [-0.05, 0) is 23.8 Å². The monoisotopic (exact) mass is 464 g/mol. The SMILES string of the molecule is N#CC(C(O)c1cc(C(F)(F)F)cc(C(F)(F)F)c1)C(O)c1csc(C(F)(F)F)n1. The number of aliphatic hydroxyl groups excluding tert-OH is 2. The van der Waals surface area contributed by atoms with E-state index in [2.05, 4.69) is 4.98 Å². The number of nitrogens with zero attached hydrogens (tertiary/aromatic N) is 2. The summed E-state index contributed by atoms with van der Waals surface area (Å²) in [6.07, 6.45) is -20.0. The highest BCUT2D eigenvalue weighted by Crippen LogP contribution is 2.41. The van der Waals surface area contributed by atoms with Gasteiger partial charge in [0.2, 0.25) is 0 Å². The number of thiazole rings is 1. The van der Waals surface area contributed by atoms with Crippen LogP contribution < -0.4 is 0 Å². The van der Waals surface area contributed by atoms with Gasteiger partial charge in [0.25, 0.3) is 0 Å². The van der Waals surface area contributed by atoms with Crippen molar-refractivity contribution in [1.82, 2.24) is 4.98 Å². The quantitative estimate of drug-likeness (QED) is 0.617. The Balaban J connectivity index is 2.47. The minimum Gasteiger partial charge on any atom is -0.387 e. The van der Waals surface area contributed by atoms with Gasteiger partial charge >= 0.3 is 18.5 Å². The summed E-state index contributed by atoms with van der Waals surface area (Å²) in [5.41, 5.74) is -5.27. The van der Waals surface area contributed by atoms with E-state index in [-0.39, 0.29) is 29.5 Å². The molecule has 30 heavy (non-hydrogen) atoms. The van der Waals surface area contributed by atoms with Gasteiger partial charge in [-0.3, -0.25) is 0 Å². The third-order valence-electron chi connectivity index (χ3n) is 3.85. The van der Waals surface area contributed by atoms with Gasteiger partial charge in [0.1, 0.15) is 12.0 Å². The van der Waals surface area contributed by atoms with Crippen LogP contribution in [-0.4, -0.2) is 15.2 Å². The first kappa shape index (κ1) is 23.9. The van der Waals surface area contributed by atoms with Crippen LogP contribution >= 0.6 is 11.3 Å². The van der Waals surface area contributed by atoms with E-state index in [1.807, 2.05) is 0 Å². The molecule has 2 aromatic rings. The van der Waals surface area contributed by atoms with E-state index in [1.165, 1.54) is 6.07 Å². The van der Waals surface area contributed by atoms with Gasteiger partial charge < -0.3 is 10.2 Å². The second-order valence-electron chi connectivity index (χ2n) is 5.96. The molecule has 1 aromatic carbocycles. The minimum atomic E-state index is -5.23. The third kappa shape index (κ3) is 5.21. The molecule has 1 aromatic heterocycles. The minimum absolute atomic E-state index is 0.0472. The van der Waals surface area contributed by atoms with Crippen LogP contribution in [0, 0.1) is 17.2 Å². The van der Waals surface area contributed by atoms with Crippen LogP contribution in [0.5, 0.6) is 0 Å². The Morgan fingerprint density at radius 2 is 1.33 bits per heavy atom. The van der Waals surface area contributed by atoms with E-state index in [1.54, 1.807) is 0 Å². The Labute approximate surface area is 165 Å². The van der Waals surface area contributed by atoms with Crippen molar-refractivity contribution < 1.29 is 49.7 Å². The lowest BCUT2D eigenvalue weighted by atomic mass is 9.89. The third-order valence-corrected chi connectivity index (χ3v) is 4.75. The number of aliphatic hydroxyl groups is 2. The standard InChI is InChI=1S/C16H9F9N2O2S/c17-14(18,19)7-1-6(2-8(3-7)15(20,21)22)11(28)9(4-26)12(29)10-5-30-13(27-10)16(23,24)25/h1-3,5,9,11-12,28-29H. The van der Waals surface area contributed by atoms with E-state index < -0.39 is 64.0 Å². The summed E-state index contributed by atoms with van der Waals surface area (Å²) >= 11 is 0.0472. The van der Waals surface area contributed by atoms with Crippen molar-refractivity contribution in [1.29, 1.82) is 5.26 Å². The molecular weight excluding hydrogens is 455 g/mol. The average Bonchev–Trinajstić information content (AvgIpc) is 3.10. The molecule has 0 saturated heterocycles. The lowest BCUT2D eigenvalue weighted by Gasteiger charge is -2.23. The fourth-order valence-electron chi connectivity index (χ4n) is 2.41. The van der Waals surface area contributed by atoms with Crippen LogP contribution in [-0.2, 0) is 18.5 Å². The Hall–Kier alpha value is -2.37. The second-order valence-corrected chi connectivity index (χ2v) is 6.82. The normalized spacial score (nSPS) is 16.1. The van der Waals surface area contributed by atoms with E-state index >= 15 is 0 Å². The smallest absolute Gasteiger partial charge is 0.387 e. The molecule has 2 N–H and O–H groups in total. The van der Waals surface area contributed by atoms with E-state index in [4.69, 9.17) is 5.26 Å². The van der Waals surface area contributed by atoms with Crippen molar-refractivity contribution in [2.75, 3.05) is 0 Å². The van der Waals surface area contributed by atoms with Crippen LogP contribution in [0.15, 0.2) is 23.6 Å². The lowest BCUT2D eigenvalue weighted by molar-refractivity contribution is -0.143. The van der Waals surface area contributed by atoms with Gasteiger partial charge in [-0.25, -0.2) is 4.98 Å². The maximum atomic E-state index is 12.9. The topological polar surface area (TPSA) is 77.1 Å². The van der Waals surface area contributed by atoms with Gasteiger partial charge in [-0.1, -0.05) is 0 Å².